The van der Waals surface area contributed by atoms with E-state index in [0.717, 1.165) is 11.8 Å². The molecule has 1 heterocycles. The number of carbonyl (C=O) groups is 2. The maximum absolute atomic E-state index is 11.2. The van der Waals surface area contributed by atoms with Gasteiger partial charge in [-0.3, -0.25) is 10.1 Å². The number of thioether (sulfide) groups is 1. The van der Waals surface area contributed by atoms with Crippen molar-refractivity contribution in [3.05, 3.63) is 5.89 Å². The molecule has 1 aromatic rings. The molecule has 0 saturated carbocycles. The molecule has 16 heavy (non-hydrogen) atoms. The number of imide groups is 1. The molecule has 0 radical (unpaired) electrons. The van der Waals surface area contributed by atoms with Crippen molar-refractivity contribution >= 4 is 23.8 Å². The standard InChI is InChI=1S/C8H11N3O4S/c1-3-14-7(13)9-6(12)4-16-8-11-10-5(2)15-8/h3-4H2,1-2H3,(H,9,12,13). The minimum Gasteiger partial charge on any atom is -0.450 e. The zero-order valence-electron chi connectivity index (χ0n) is 8.85. The van der Waals surface area contributed by atoms with Crippen molar-refractivity contribution < 1.29 is 18.7 Å². The molecule has 1 N–H and O–H groups in total. The van der Waals surface area contributed by atoms with Crippen LogP contribution in [0.4, 0.5) is 4.79 Å². The second-order valence-electron chi connectivity index (χ2n) is 2.64. The summed E-state index contributed by atoms with van der Waals surface area (Å²) in [7, 11) is 0. The number of nitrogens with zero attached hydrogens (tertiary/aromatic N) is 2. The fourth-order valence-electron chi connectivity index (χ4n) is 0.781. The summed E-state index contributed by atoms with van der Waals surface area (Å²) in [4.78, 5) is 22.0. The van der Waals surface area contributed by atoms with Crippen LogP contribution in [0, 0.1) is 6.92 Å². The Morgan fingerprint density at radius 1 is 1.50 bits per heavy atom. The third kappa shape index (κ3) is 4.30. The highest BCUT2D eigenvalue weighted by Crippen LogP contribution is 2.14. The fourth-order valence-corrected chi connectivity index (χ4v) is 1.39. The largest absolute Gasteiger partial charge is 0.450 e. The Hall–Kier alpha value is -1.57. The molecule has 0 saturated heterocycles. The lowest BCUT2D eigenvalue weighted by atomic mass is 10.7. The van der Waals surface area contributed by atoms with Crippen molar-refractivity contribution in [2.24, 2.45) is 0 Å². The van der Waals surface area contributed by atoms with E-state index in [-0.39, 0.29) is 17.6 Å². The van der Waals surface area contributed by atoms with Crippen LogP contribution < -0.4 is 5.32 Å². The van der Waals surface area contributed by atoms with Gasteiger partial charge in [0.05, 0.1) is 12.4 Å². The predicted molar refractivity (Wildman–Crippen MR) is 54.9 cm³/mol. The number of aromatic nitrogens is 2. The van der Waals surface area contributed by atoms with Gasteiger partial charge in [0.1, 0.15) is 0 Å². The van der Waals surface area contributed by atoms with Crippen LogP contribution in [0.2, 0.25) is 0 Å². The van der Waals surface area contributed by atoms with Crippen LogP contribution >= 0.6 is 11.8 Å². The lowest BCUT2D eigenvalue weighted by Crippen LogP contribution is -2.32. The van der Waals surface area contributed by atoms with Crippen molar-refractivity contribution in [1.82, 2.24) is 15.5 Å². The maximum Gasteiger partial charge on any atom is 0.413 e. The second-order valence-corrected chi connectivity index (χ2v) is 3.57. The molecule has 0 aliphatic rings. The second kappa shape index (κ2) is 6.11. The van der Waals surface area contributed by atoms with Crippen LogP contribution in [0.5, 0.6) is 0 Å². The molecule has 0 bridgehead atoms. The van der Waals surface area contributed by atoms with Crippen LogP contribution in [-0.2, 0) is 9.53 Å². The average molecular weight is 245 g/mol. The molecule has 0 aromatic carbocycles. The van der Waals surface area contributed by atoms with Gasteiger partial charge in [-0.1, -0.05) is 11.8 Å². The molecule has 0 aliphatic heterocycles. The van der Waals surface area contributed by atoms with Gasteiger partial charge in [0.15, 0.2) is 0 Å². The summed E-state index contributed by atoms with van der Waals surface area (Å²) in [6, 6.07) is 0. The Labute approximate surface area is 95.9 Å². The number of nitrogens with one attached hydrogen (secondary N) is 1. The summed E-state index contributed by atoms with van der Waals surface area (Å²) in [5.74, 6) is -0.0342. The smallest absolute Gasteiger partial charge is 0.413 e. The Kier molecular flexibility index (Phi) is 4.77. The number of rotatable bonds is 4. The molecule has 88 valence electrons. The number of hydrogen-bond donors (Lipinski definition) is 1. The van der Waals surface area contributed by atoms with E-state index < -0.39 is 12.0 Å². The van der Waals surface area contributed by atoms with Crippen molar-refractivity contribution in [3.63, 3.8) is 0 Å². The summed E-state index contributed by atoms with van der Waals surface area (Å²) in [5.41, 5.74) is 0. The number of carbonyl (C=O) groups excluding carboxylic acids is 2. The van der Waals surface area contributed by atoms with Gasteiger partial charge in [0, 0.05) is 6.92 Å². The zero-order valence-corrected chi connectivity index (χ0v) is 9.67. The Morgan fingerprint density at radius 3 is 2.81 bits per heavy atom. The molecule has 1 rings (SSSR count). The summed E-state index contributed by atoms with van der Waals surface area (Å²) in [6.45, 7) is 3.52. The first kappa shape index (κ1) is 12.5. The molecular formula is C8H11N3O4S. The molecule has 0 atom stereocenters. The van der Waals surface area contributed by atoms with Crippen LogP contribution in [0.25, 0.3) is 0 Å². The highest BCUT2D eigenvalue weighted by atomic mass is 32.2. The molecule has 2 amide bonds. The normalized spacial score (nSPS) is 9.88. The van der Waals surface area contributed by atoms with E-state index in [1.165, 1.54) is 0 Å². The van der Waals surface area contributed by atoms with E-state index in [2.05, 4.69) is 14.9 Å². The number of amides is 2. The number of ether oxygens (including phenoxy) is 1. The van der Waals surface area contributed by atoms with Gasteiger partial charge in [-0.05, 0) is 6.92 Å². The SMILES string of the molecule is CCOC(=O)NC(=O)CSc1nnc(C)o1. The van der Waals surface area contributed by atoms with Crippen molar-refractivity contribution in [3.8, 4) is 0 Å². The first-order chi connectivity index (χ1) is 7.61. The van der Waals surface area contributed by atoms with Gasteiger partial charge < -0.3 is 9.15 Å². The van der Waals surface area contributed by atoms with Crippen LogP contribution in [0.15, 0.2) is 9.64 Å². The molecule has 7 nitrogen and oxygen atoms in total. The maximum atomic E-state index is 11.2. The van der Waals surface area contributed by atoms with E-state index >= 15 is 0 Å². The first-order valence-corrected chi connectivity index (χ1v) is 5.50. The van der Waals surface area contributed by atoms with Crippen molar-refractivity contribution in [1.29, 1.82) is 0 Å². The highest BCUT2D eigenvalue weighted by molar-refractivity contribution is 7.99. The number of alkyl carbamates (subject to hydrolysis) is 1. The minimum absolute atomic E-state index is 0.0143. The Balaban J connectivity index is 2.27. The van der Waals surface area contributed by atoms with E-state index in [1.807, 2.05) is 5.32 Å². The Bertz CT molecular complexity index is 379. The van der Waals surface area contributed by atoms with Gasteiger partial charge in [-0.2, -0.15) is 0 Å². The van der Waals surface area contributed by atoms with E-state index in [1.54, 1.807) is 13.8 Å². The number of hydrogen-bond acceptors (Lipinski definition) is 7. The summed E-state index contributed by atoms with van der Waals surface area (Å²) in [5, 5.41) is 9.61. The van der Waals surface area contributed by atoms with E-state index in [0.29, 0.717) is 5.89 Å². The summed E-state index contributed by atoms with van der Waals surface area (Å²) in [6.07, 6.45) is -0.755. The van der Waals surface area contributed by atoms with E-state index in [4.69, 9.17) is 4.42 Å². The van der Waals surface area contributed by atoms with Crippen LogP contribution in [0.3, 0.4) is 0 Å². The van der Waals surface area contributed by atoms with Gasteiger partial charge >= 0.3 is 6.09 Å². The minimum atomic E-state index is -0.755. The third-order valence-corrected chi connectivity index (χ3v) is 2.17. The third-order valence-electron chi connectivity index (χ3n) is 1.35. The molecule has 0 unspecified atom stereocenters. The van der Waals surface area contributed by atoms with E-state index in [9.17, 15) is 9.59 Å². The molecule has 0 fully saturated rings. The predicted octanol–water partition coefficient (Wildman–Crippen LogP) is 0.743. The highest BCUT2D eigenvalue weighted by Gasteiger charge is 2.11. The lowest BCUT2D eigenvalue weighted by Gasteiger charge is -2.01. The lowest BCUT2D eigenvalue weighted by molar-refractivity contribution is -0.117. The molecular weight excluding hydrogens is 234 g/mol. The van der Waals surface area contributed by atoms with Crippen LogP contribution in [0.1, 0.15) is 12.8 Å². The zero-order chi connectivity index (χ0) is 12.0. The average Bonchev–Trinajstić information content (AvgIpc) is 2.61. The Morgan fingerprint density at radius 2 is 2.25 bits per heavy atom. The van der Waals surface area contributed by atoms with Gasteiger partial charge in [-0.25, -0.2) is 4.79 Å². The number of aryl methyl sites for hydroxylation is 1. The quantitative estimate of drug-likeness (QED) is 0.782. The molecule has 8 heteroatoms. The van der Waals surface area contributed by atoms with Gasteiger partial charge in [0.25, 0.3) is 5.22 Å². The topological polar surface area (TPSA) is 94.3 Å². The molecule has 0 aliphatic carbocycles. The fraction of sp³-hybridized carbons (Fsp3) is 0.500. The molecule has 1 aromatic heterocycles. The monoisotopic (exact) mass is 245 g/mol. The van der Waals surface area contributed by atoms with Gasteiger partial charge in [-0.15, -0.1) is 10.2 Å². The molecule has 0 spiro atoms. The van der Waals surface area contributed by atoms with Crippen LogP contribution in [-0.4, -0.2) is 34.6 Å². The summed E-state index contributed by atoms with van der Waals surface area (Å²) >= 11 is 1.05. The van der Waals surface area contributed by atoms with Crippen molar-refractivity contribution in [2.45, 2.75) is 19.1 Å². The first-order valence-electron chi connectivity index (χ1n) is 4.51. The summed E-state index contributed by atoms with van der Waals surface area (Å²) < 4.78 is 9.57. The van der Waals surface area contributed by atoms with Crippen molar-refractivity contribution in [2.75, 3.05) is 12.4 Å². The van der Waals surface area contributed by atoms with Gasteiger partial charge in [0.2, 0.25) is 11.8 Å².